The fraction of sp³-hybridized carbons (Fsp3) is 0.400. The van der Waals surface area contributed by atoms with Crippen LogP contribution in [-0.2, 0) is 0 Å². The molecule has 0 spiro atoms. The van der Waals surface area contributed by atoms with Gasteiger partial charge >= 0.3 is 12.0 Å². The molecule has 0 saturated heterocycles. The van der Waals surface area contributed by atoms with Gasteiger partial charge in [0.05, 0.1) is 6.10 Å². The van der Waals surface area contributed by atoms with E-state index in [1.165, 1.54) is 0 Å². The summed E-state index contributed by atoms with van der Waals surface area (Å²) in [5, 5.41) is 0. The average Bonchev–Trinajstić information content (AvgIpc) is 2.38. The van der Waals surface area contributed by atoms with Gasteiger partial charge in [-0.05, 0) is 51.3 Å². The van der Waals surface area contributed by atoms with Gasteiger partial charge in [0.15, 0.2) is 0 Å². The molecule has 0 unspecified atom stereocenters. The van der Waals surface area contributed by atoms with Crippen molar-refractivity contribution < 1.29 is 9.47 Å². The standard InChI is InChI=1S/C15H20N4O2/c1-8(2)20-14-17-13(16)18-15(19-14)21-12-10(4)7-6-9(3)11(12)5/h6-8H,1-5H3,(H2,16,17,18,19). The maximum Gasteiger partial charge on any atom is 0.330 e. The highest BCUT2D eigenvalue weighted by atomic mass is 16.5. The van der Waals surface area contributed by atoms with Gasteiger partial charge in [-0.1, -0.05) is 12.1 Å². The van der Waals surface area contributed by atoms with Gasteiger partial charge in [-0.15, -0.1) is 4.98 Å². The Bertz CT molecular complexity index is 656. The monoisotopic (exact) mass is 288 g/mol. The number of nitrogen functional groups attached to an aromatic ring is 1. The van der Waals surface area contributed by atoms with Crippen LogP contribution in [0.3, 0.4) is 0 Å². The fourth-order valence-electron chi connectivity index (χ4n) is 1.84. The molecule has 1 heterocycles. The molecule has 0 aliphatic heterocycles. The number of hydrogen-bond donors (Lipinski definition) is 1. The average molecular weight is 288 g/mol. The minimum Gasteiger partial charge on any atom is -0.461 e. The summed E-state index contributed by atoms with van der Waals surface area (Å²) in [6.45, 7) is 9.76. The molecule has 21 heavy (non-hydrogen) atoms. The molecule has 0 radical (unpaired) electrons. The summed E-state index contributed by atoms with van der Waals surface area (Å²) in [5.41, 5.74) is 8.85. The summed E-state index contributed by atoms with van der Waals surface area (Å²) >= 11 is 0. The van der Waals surface area contributed by atoms with E-state index in [9.17, 15) is 0 Å². The highest BCUT2D eigenvalue weighted by Gasteiger charge is 2.13. The summed E-state index contributed by atoms with van der Waals surface area (Å²) in [5.74, 6) is 0.801. The van der Waals surface area contributed by atoms with Gasteiger partial charge in [-0.25, -0.2) is 0 Å². The predicted molar refractivity (Wildman–Crippen MR) is 80.7 cm³/mol. The smallest absolute Gasteiger partial charge is 0.330 e. The molecule has 2 rings (SSSR count). The molecule has 6 nitrogen and oxygen atoms in total. The number of rotatable bonds is 4. The van der Waals surface area contributed by atoms with Crippen molar-refractivity contribution in [3.05, 3.63) is 28.8 Å². The van der Waals surface area contributed by atoms with E-state index in [4.69, 9.17) is 15.2 Å². The maximum atomic E-state index is 5.80. The van der Waals surface area contributed by atoms with Gasteiger partial charge < -0.3 is 15.2 Å². The van der Waals surface area contributed by atoms with Gasteiger partial charge in [0.25, 0.3) is 0 Å². The number of nitrogens with zero attached hydrogens (tertiary/aromatic N) is 3. The van der Waals surface area contributed by atoms with Crippen LogP contribution in [-0.4, -0.2) is 21.1 Å². The zero-order chi connectivity index (χ0) is 15.6. The first-order valence-electron chi connectivity index (χ1n) is 6.79. The molecule has 0 saturated carbocycles. The number of benzene rings is 1. The van der Waals surface area contributed by atoms with Crippen LogP contribution in [0.5, 0.6) is 17.8 Å². The Labute approximate surface area is 124 Å². The van der Waals surface area contributed by atoms with E-state index in [0.29, 0.717) is 0 Å². The Balaban J connectivity index is 2.36. The van der Waals surface area contributed by atoms with Crippen molar-refractivity contribution in [2.24, 2.45) is 0 Å². The molecule has 0 aliphatic carbocycles. The molecular formula is C15H20N4O2. The molecule has 0 bridgehead atoms. The summed E-state index contributed by atoms with van der Waals surface area (Å²) in [4.78, 5) is 12.1. The zero-order valence-corrected chi connectivity index (χ0v) is 13.0. The molecule has 0 amide bonds. The van der Waals surface area contributed by atoms with Gasteiger partial charge in [-0.3, -0.25) is 0 Å². The molecular weight excluding hydrogens is 268 g/mol. The Morgan fingerprint density at radius 1 is 0.952 bits per heavy atom. The number of aryl methyl sites for hydroxylation is 2. The van der Waals surface area contributed by atoms with E-state index in [-0.39, 0.29) is 24.1 Å². The van der Waals surface area contributed by atoms with Crippen molar-refractivity contribution in [3.8, 4) is 17.8 Å². The third-order valence-corrected chi connectivity index (χ3v) is 3.02. The molecule has 0 fully saturated rings. The molecule has 0 atom stereocenters. The fourth-order valence-corrected chi connectivity index (χ4v) is 1.84. The topological polar surface area (TPSA) is 83.2 Å². The largest absolute Gasteiger partial charge is 0.461 e. The van der Waals surface area contributed by atoms with E-state index in [1.54, 1.807) is 0 Å². The Hall–Kier alpha value is -2.37. The van der Waals surface area contributed by atoms with Gasteiger partial charge in [0, 0.05) is 0 Å². The predicted octanol–water partition coefficient (Wildman–Crippen LogP) is 2.96. The van der Waals surface area contributed by atoms with Crippen LogP contribution in [0.15, 0.2) is 12.1 Å². The van der Waals surface area contributed by atoms with E-state index < -0.39 is 0 Å². The SMILES string of the molecule is Cc1ccc(C)c(Oc2nc(N)nc(OC(C)C)n2)c1C. The highest BCUT2D eigenvalue weighted by molar-refractivity contribution is 5.45. The second kappa shape index (κ2) is 5.95. The quantitative estimate of drug-likeness (QED) is 0.931. The van der Waals surface area contributed by atoms with Gasteiger partial charge in [0.2, 0.25) is 5.95 Å². The van der Waals surface area contributed by atoms with Crippen molar-refractivity contribution in [2.75, 3.05) is 5.73 Å². The number of hydrogen-bond acceptors (Lipinski definition) is 6. The van der Waals surface area contributed by atoms with Crippen LogP contribution in [0.2, 0.25) is 0 Å². The van der Waals surface area contributed by atoms with E-state index >= 15 is 0 Å². The highest BCUT2D eigenvalue weighted by Crippen LogP contribution is 2.29. The Kier molecular flexibility index (Phi) is 4.26. The molecule has 112 valence electrons. The van der Waals surface area contributed by atoms with Crippen LogP contribution in [0, 0.1) is 20.8 Å². The lowest BCUT2D eigenvalue weighted by molar-refractivity contribution is 0.218. The van der Waals surface area contributed by atoms with E-state index in [2.05, 4.69) is 15.0 Å². The van der Waals surface area contributed by atoms with Crippen molar-refractivity contribution in [1.29, 1.82) is 0 Å². The van der Waals surface area contributed by atoms with Crippen molar-refractivity contribution in [1.82, 2.24) is 15.0 Å². The number of aromatic nitrogens is 3. The zero-order valence-electron chi connectivity index (χ0n) is 13.0. The molecule has 0 aliphatic rings. The first kappa shape index (κ1) is 15.0. The van der Waals surface area contributed by atoms with Gasteiger partial charge in [-0.2, -0.15) is 9.97 Å². The van der Waals surface area contributed by atoms with Crippen molar-refractivity contribution in [2.45, 2.75) is 40.7 Å². The first-order chi connectivity index (χ1) is 9.86. The van der Waals surface area contributed by atoms with Crippen LogP contribution >= 0.6 is 0 Å². The second-order valence-corrected chi connectivity index (χ2v) is 5.18. The van der Waals surface area contributed by atoms with E-state index in [1.807, 2.05) is 46.8 Å². The van der Waals surface area contributed by atoms with Crippen LogP contribution in [0.25, 0.3) is 0 Å². The van der Waals surface area contributed by atoms with E-state index in [0.717, 1.165) is 22.4 Å². The normalized spacial score (nSPS) is 10.8. The van der Waals surface area contributed by atoms with Crippen molar-refractivity contribution >= 4 is 5.95 Å². The molecule has 2 N–H and O–H groups in total. The number of nitrogens with two attached hydrogens (primary N) is 1. The van der Waals surface area contributed by atoms with Crippen LogP contribution in [0.1, 0.15) is 30.5 Å². The minimum absolute atomic E-state index is 0.0536. The van der Waals surface area contributed by atoms with Crippen LogP contribution < -0.4 is 15.2 Å². The van der Waals surface area contributed by atoms with Crippen LogP contribution in [0.4, 0.5) is 5.95 Å². The second-order valence-electron chi connectivity index (χ2n) is 5.18. The Morgan fingerprint density at radius 2 is 1.57 bits per heavy atom. The summed E-state index contributed by atoms with van der Waals surface area (Å²) in [6, 6.07) is 4.34. The lowest BCUT2D eigenvalue weighted by atomic mass is 10.1. The molecule has 1 aromatic carbocycles. The summed E-state index contributed by atoms with van der Waals surface area (Å²) < 4.78 is 11.2. The summed E-state index contributed by atoms with van der Waals surface area (Å²) in [7, 11) is 0. The number of anilines is 1. The summed E-state index contributed by atoms with van der Waals surface area (Å²) in [6.07, 6.45) is -0.0536. The molecule has 1 aromatic heterocycles. The Morgan fingerprint density at radius 3 is 2.24 bits per heavy atom. The minimum atomic E-state index is -0.0536. The third kappa shape index (κ3) is 3.59. The first-order valence-corrected chi connectivity index (χ1v) is 6.79. The number of ether oxygens (including phenoxy) is 2. The molecule has 2 aromatic rings. The van der Waals surface area contributed by atoms with Crippen molar-refractivity contribution in [3.63, 3.8) is 0 Å². The lowest BCUT2D eigenvalue weighted by Gasteiger charge is -2.13. The lowest BCUT2D eigenvalue weighted by Crippen LogP contribution is -2.11. The maximum absolute atomic E-state index is 5.80. The molecule has 6 heteroatoms. The third-order valence-electron chi connectivity index (χ3n) is 3.02. The van der Waals surface area contributed by atoms with Gasteiger partial charge in [0.1, 0.15) is 5.75 Å².